The van der Waals surface area contributed by atoms with Crippen LogP contribution >= 0.6 is 23.2 Å². The Morgan fingerprint density at radius 1 is 1.24 bits per heavy atom. The maximum Gasteiger partial charge on any atom is 0.243 e. The molecule has 0 fully saturated rings. The maximum atomic E-state index is 13.2. The Hall–Kier alpha value is -2.84. The van der Waals surface area contributed by atoms with Crippen LogP contribution in [0.25, 0.3) is 0 Å². The molecule has 0 radical (unpaired) electrons. The van der Waals surface area contributed by atoms with E-state index in [0.29, 0.717) is 41.1 Å². The van der Waals surface area contributed by atoms with Gasteiger partial charge in [-0.1, -0.05) is 40.4 Å². The van der Waals surface area contributed by atoms with E-state index in [9.17, 15) is 4.39 Å². The van der Waals surface area contributed by atoms with Crippen molar-refractivity contribution in [3.8, 4) is 11.5 Å². The Labute approximate surface area is 177 Å². The van der Waals surface area contributed by atoms with Gasteiger partial charge >= 0.3 is 0 Å². The molecule has 0 aliphatic carbocycles. The van der Waals surface area contributed by atoms with E-state index in [4.69, 9.17) is 32.7 Å². The second-order valence-corrected chi connectivity index (χ2v) is 6.77. The number of aromatic nitrogens is 4. The number of ether oxygens (including phenoxy) is 2. The summed E-state index contributed by atoms with van der Waals surface area (Å²) in [5.74, 6) is 0.921. The lowest BCUT2D eigenvalue weighted by Crippen LogP contribution is -2.08. The van der Waals surface area contributed by atoms with Crippen molar-refractivity contribution in [1.29, 1.82) is 0 Å². The zero-order valence-electron chi connectivity index (χ0n) is 15.5. The average Bonchev–Trinajstić information content (AvgIpc) is 3.13. The quantitative estimate of drug-likeness (QED) is 0.496. The molecule has 0 amide bonds. The minimum Gasteiger partial charge on any atom is -0.493 e. The van der Waals surface area contributed by atoms with Crippen LogP contribution in [-0.4, -0.2) is 27.3 Å². The van der Waals surface area contributed by atoms with E-state index in [0.717, 1.165) is 5.56 Å². The second kappa shape index (κ2) is 9.58. The van der Waals surface area contributed by atoms with Gasteiger partial charge in [-0.25, -0.2) is 9.07 Å². The number of benzene rings is 2. The number of allylic oxidation sites excluding steroid dienone is 1. The Kier molecular flexibility index (Phi) is 6.90. The van der Waals surface area contributed by atoms with Crippen LogP contribution in [0.1, 0.15) is 11.1 Å². The van der Waals surface area contributed by atoms with Crippen LogP contribution in [0, 0.1) is 5.82 Å². The molecule has 0 aliphatic rings. The van der Waals surface area contributed by atoms with Crippen LogP contribution in [0.4, 0.5) is 10.3 Å². The molecular formula is C19H18Cl2FN5O2. The fourth-order valence-corrected chi connectivity index (χ4v) is 3.07. The largest absolute Gasteiger partial charge is 0.493 e. The molecule has 1 heterocycles. The summed E-state index contributed by atoms with van der Waals surface area (Å²) in [6, 6.07) is 7.65. The van der Waals surface area contributed by atoms with Crippen LogP contribution in [0.5, 0.6) is 11.5 Å². The molecule has 0 unspecified atom stereocenters. The molecule has 3 aromatic rings. The van der Waals surface area contributed by atoms with Crippen molar-refractivity contribution in [2.75, 3.05) is 12.4 Å². The first-order valence-corrected chi connectivity index (χ1v) is 9.31. The highest BCUT2D eigenvalue weighted by molar-refractivity contribution is 6.32. The molecule has 1 N–H and O–H groups in total. The molecule has 152 valence electrons. The topological polar surface area (TPSA) is 74.1 Å². The van der Waals surface area contributed by atoms with E-state index in [1.54, 1.807) is 29.0 Å². The average molecular weight is 438 g/mol. The van der Waals surface area contributed by atoms with E-state index in [1.807, 2.05) is 0 Å². The van der Waals surface area contributed by atoms with E-state index >= 15 is 0 Å². The van der Waals surface area contributed by atoms with Gasteiger partial charge in [-0.15, -0.1) is 6.58 Å². The van der Waals surface area contributed by atoms with E-state index in [1.165, 1.54) is 19.2 Å². The normalized spacial score (nSPS) is 10.6. The van der Waals surface area contributed by atoms with Gasteiger partial charge in [0.05, 0.1) is 23.7 Å². The van der Waals surface area contributed by atoms with Crippen LogP contribution in [0.2, 0.25) is 10.0 Å². The molecule has 0 spiro atoms. The highest BCUT2D eigenvalue weighted by Gasteiger charge is 2.14. The number of methoxy groups -OCH3 is 1. The molecular weight excluding hydrogens is 420 g/mol. The summed E-state index contributed by atoms with van der Waals surface area (Å²) in [7, 11) is 1.52. The molecule has 29 heavy (non-hydrogen) atoms. The summed E-state index contributed by atoms with van der Waals surface area (Å²) in [6.45, 7) is 4.68. The number of tetrazole rings is 1. The minimum atomic E-state index is -0.412. The molecule has 2 aromatic carbocycles. The highest BCUT2D eigenvalue weighted by Crippen LogP contribution is 2.37. The first-order valence-electron chi connectivity index (χ1n) is 8.56. The monoisotopic (exact) mass is 437 g/mol. The van der Waals surface area contributed by atoms with Gasteiger partial charge in [-0.2, -0.15) is 0 Å². The summed E-state index contributed by atoms with van der Waals surface area (Å²) in [4.78, 5) is 0. The predicted octanol–water partition coefficient (Wildman–Crippen LogP) is 4.50. The summed E-state index contributed by atoms with van der Waals surface area (Å²) in [5, 5.41) is 15.2. The standard InChI is InChI=1S/C19H18Cl2FN5O2/c1-3-6-27-19(24-25-26-27)23-10-12-7-16(21)18(17(8-12)28-2)29-11-13-4-5-14(22)9-15(13)20/h3-5,7-9H,1,6,10-11H2,2H3,(H,23,24,26). The Morgan fingerprint density at radius 3 is 2.79 bits per heavy atom. The third-order valence-corrected chi connectivity index (χ3v) is 4.59. The minimum absolute atomic E-state index is 0.114. The first-order chi connectivity index (χ1) is 14.0. The lowest BCUT2D eigenvalue weighted by Gasteiger charge is -2.15. The van der Waals surface area contributed by atoms with Gasteiger partial charge in [0, 0.05) is 12.1 Å². The number of nitrogens with zero attached hydrogens (tertiary/aromatic N) is 4. The van der Waals surface area contributed by atoms with E-state index < -0.39 is 5.82 Å². The van der Waals surface area contributed by atoms with Crippen molar-refractivity contribution in [1.82, 2.24) is 20.2 Å². The molecule has 3 rings (SSSR count). The van der Waals surface area contributed by atoms with Gasteiger partial charge in [0.2, 0.25) is 5.95 Å². The van der Waals surface area contributed by atoms with Gasteiger partial charge in [0.25, 0.3) is 0 Å². The lowest BCUT2D eigenvalue weighted by atomic mass is 10.2. The number of hydrogen-bond acceptors (Lipinski definition) is 6. The third-order valence-electron chi connectivity index (χ3n) is 3.96. The lowest BCUT2D eigenvalue weighted by molar-refractivity contribution is 0.284. The smallest absolute Gasteiger partial charge is 0.243 e. The van der Waals surface area contributed by atoms with Crippen LogP contribution < -0.4 is 14.8 Å². The van der Waals surface area contributed by atoms with Crippen molar-refractivity contribution in [2.45, 2.75) is 19.7 Å². The van der Waals surface area contributed by atoms with Crippen molar-refractivity contribution >= 4 is 29.2 Å². The Bertz CT molecular complexity index is 1010. The molecule has 1 aromatic heterocycles. The fraction of sp³-hybridized carbons (Fsp3) is 0.211. The molecule has 0 saturated carbocycles. The molecule has 0 bridgehead atoms. The maximum absolute atomic E-state index is 13.2. The van der Waals surface area contributed by atoms with Crippen molar-refractivity contribution in [2.24, 2.45) is 0 Å². The van der Waals surface area contributed by atoms with Crippen molar-refractivity contribution < 1.29 is 13.9 Å². The molecule has 10 heteroatoms. The van der Waals surface area contributed by atoms with Gasteiger partial charge in [-0.3, -0.25) is 0 Å². The van der Waals surface area contributed by atoms with Gasteiger partial charge in [0.1, 0.15) is 12.4 Å². The number of hydrogen-bond donors (Lipinski definition) is 1. The summed E-state index contributed by atoms with van der Waals surface area (Å²) < 4.78 is 26.0. The molecule has 0 aliphatic heterocycles. The number of anilines is 1. The van der Waals surface area contributed by atoms with E-state index in [-0.39, 0.29) is 11.6 Å². The summed E-state index contributed by atoms with van der Waals surface area (Å²) >= 11 is 12.4. The SMILES string of the molecule is C=CCn1nnnc1NCc1cc(Cl)c(OCc2ccc(F)cc2Cl)c(OC)c1. The first kappa shape index (κ1) is 20.9. The Morgan fingerprint density at radius 2 is 2.07 bits per heavy atom. The van der Waals surface area contributed by atoms with Gasteiger partial charge in [-0.05, 0) is 40.3 Å². The van der Waals surface area contributed by atoms with Gasteiger partial charge < -0.3 is 14.8 Å². The molecule has 0 atom stereocenters. The van der Waals surface area contributed by atoms with Gasteiger partial charge in [0.15, 0.2) is 11.5 Å². The zero-order chi connectivity index (χ0) is 20.8. The third kappa shape index (κ3) is 5.16. The van der Waals surface area contributed by atoms with Crippen molar-refractivity contribution in [3.63, 3.8) is 0 Å². The number of rotatable bonds is 9. The second-order valence-electron chi connectivity index (χ2n) is 5.96. The molecule has 0 saturated heterocycles. The van der Waals surface area contributed by atoms with Crippen LogP contribution in [0.3, 0.4) is 0 Å². The van der Waals surface area contributed by atoms with Crippen LogP contribution in [-0.2, 0) is 19.7 Å². The van der Waals surface area contributed by atoms with Crippen molar-refractivity contribution in [3.05, 3.63) is 70.0 Å². The summed E-state index contributed by atoms with van der Waals surface area (Å²) in [6.07, 6.45) is 1.70. The van der Waals surface area contributed by atoms with Crippen LogP contribution in [0.15, 0.2) is 43.0 Å². The summed E-state index contributed by atoms with van der Waals surface area (Å²) in [5.41, 5.74) is 1.47. The molecule has 7 nitrogen and oxygen atoms in total. The Balaban J connectivity index is 1.73. The number of halogens is 3. The fourth-order valence-electron chi connectivity index (χ4n) is 2.56. The number of nitrogens with one attached hydrogen (secondary N) is 1. The predicted molar refractivity (Wildman–Crippen MR) is 109 cm³/mol. The van der Waals surface area contributed by atoms with E-state index in [2.05, 4.69) is 27.4 Å². The zero-order valence-corrected chi connectivity index (χ0v) is 17.0. The highest BCUT2D eigenvalue weighted by atomic mass is 35.5.